The average Bonchev–Trinajstić information content (AvgIpc) is 3.09. The SMILES string of the molecule is CC[C@@H](CN)CC1CC1c1cn(-c2ccccn2)cn1. The lowest BCUT2D eigenvalue weighted by atomic mass is 9.98. The van der Waals surface area contributed by atoms with E-state index in [9.17, 15) is 0 Å². The molecule has 0 spiro atoms. The third-order valence-electron chi connectivity index (χ3n) is 4.37. The van der Waals surface area contributed by atoms with E-state index in [0.717, 1.165) is 18.3 Å². The van der Waals surface area contributed by atoms with Crippen molar-refractivity contribution in [1.82, 2.24) is 14.5 Å². The van der Waals surface area contributed by atoms with Gasteiger partial charge in [0.2, 0.25) is 0 Å². The number of rotatable bonds is 6. The minimum atomic E-state index is 0.626. The Labute approximate surface area is 120 Å². The molecule has 106 valence electrons. The summed E-state index contributed by atoms with van der Waals surface area (Å²) in [5.74, 6) is 3.00. The first-order valence-corrected chi connectivity index (χ1v) is 7.47. The van der Waals surface area contributed by atoms with E-state index < -0.39 is 0 Å². The van der Waals surface area contributed by atoms with Gasteiger partial charge in [-0.05, 0) is 43.4 Å². The van der Waals surface area contributed by atoms with Crippen molar-refractivity contribution in [3.63, 3.8) is 0 Å². The quantitative estimate of drug-likeness (QED) is 0.878. The number of pyridine rings is 1. The topological polar surface area (TPSA) is 56.7 Å². The molecule has 4 nitrogen and oxygen atoms in total. The van der Waals surface area contributed by atoms with Gasteiger partial charge in [0.15, 0.2) is 0 Å². The summed E-state index contributed by atoms with van der Waals surface area (Å²) in [5.41, 5.74) is 7.00. The van der Waals surface area contributed by atoms with Crippen molar-refractivity contribution in [3.05, 3.63) is 42.6 Å². The molecule has 1 fully saturated rings. The van der Waals surface area contributed by atoms with Gasteiger partial charge < -0.3 is 5.73 Å². The summed E-state index contributed by atoms with van der Waals surface area (Å²) in [6, 6.07) is 5.92. The zero-order valence-electron chi connectivity index (χ0n) is 11.9. The van der Waals surface area contributed by atoms with E-state index in [1.807, 2.05) is 35.3 Å². The summed E-state index contributed by atoms with van der Waals surface area (Å²) in [5, 5.41) is 0. The molecule has 2 aromatic rings. The molecule has 0 aromatic carbocycles. The zero-order chi connectivity index (χ0) is 13.9. The lowest BCUT2D eigenvalue weighted by Crippen LogP contribution is -2.14. The van der Waals surface area contributed by atoms with E-state index in [-0.39, 0.29) is 0 Å². The largest absolute Gasteiger partial charge is 0.330 e. The fraction of sp³-hybridized carbons (Fsp3) is 0.500. The summed E-state index contributed by atoms with van der Waals surface area (Å²) in [4.78, 5) is 8.90. The maximum atomic E-state index is 5.80. The molecular formula is C16H22N4. The Bertz CT molecular complexity index is 545. The first-order chi connectivity index (χ1) is 9.81. The monoisotopic (exact) mass is 270 g/mol. The number of imidazole rings is 1. The second-order valence-corrected chi connectivity index (χ2v) is 5.74. The highest BCUT2D eigenvalue weighted by atomic mass is 15.1. The molecule has 0 saturated heterocycles. The second kappa shape index (κ2) is 5.75. The summed E-state index contributed by atoms with van der Waals surface area (Å²) >= 11 is 0. The van der Waals surface area contributed by atoms with Gasteiger partial charge in [-0.2, -0.15) is 0 Å². The lowest BCUT2D eigenvalue weighted by Gasteiger charge is -2.10. The van der Waals surface area contributed by atoms with Crippen LogP contribution in [0, 0.1) is 11.8 Å². The van der Waals surface area contributed by atoms with E-state index in [1.54, 1.807) is 0 Å². The van der Waals surface area contributed by atoms with Gasteiger partial charge in [0.25, 0.3) is 0 Å². The Morgan fingerprint density at radius 3 is 3.00 bits per heavy atom. The van der Waals surface area contributed by atoms with E-state index >= 15 is 0 Å². The van der Waals surface area contributed by atoms with Gasteiger partial charge in [-0.3, -0.25) is 4.57 Å². The van der Waals surface area contributed by atoms with Crippen LogP contribution in [0.5, 0.6) is 0 Å². The molecule has 3 rings (SSSR count). The molecule has 1 aliphatic carbocycles. The highest BCUT2D eigenvalue weighted by Crippen LogP contribution is 2.50. The van der Waals surface area contributed by atoms with Crippen molar-refractivity contribution < 1.29 is 0 Å². The van der Waals surface area contributed by atoms with Crippen LogP contribution in [0.1, 0.15) is 37.8 Å². The van der Waals surface area contributed by atoms with Gasteiger partial charge in [0.1, 0.15) is 12.1 Å². The third-order valence-corrected chi connectivity index (χ3v) is 4.37. The third kappa shape index (κ3) is 2.75. The minimum absolute atomic E-state index is 0.626. The molecule has 0 aliphatic heterocycles. The number of hydrogen-bond acceptors (Lipinski definition) is 3. The first kappa shape index (κ1) is 13.3. The van der Waals surface area contributed by atoms with Crippen LogP contribution in [-0.2, 0) is 0 Å². The Morgan fingerprint density at radius 1 is 1.40 bits per heavy atom. The molecule has 2 aromatic heterocycles. The van der Waals surface area contributed by atoms with Crippen LogP contribution in [0.3, 0.4) is 0 Å². The van der Waals surface area contributed by atoms with Crippen molar-refractivity contribution in [2.45, 2.75) is 32.1 Å². The van der Waals surface area contributed by atoms with Gasteiger partial charge in [0, 0.05) is 18.3 Å². The molecular weight excluding hydrogens is 248 g/mol. The standard InChI is InChI=1S/C16H22N4/c1-2-12(9-17)7-13-8-14(13)15-10-20(11-19-15)16-5-3-4-6-18-16/h3-6,10-14H,2,7-9,17H2,1H3/t12-,13?,14?/m1/s1. The van der Waals surface area contributed by atoms with E-state index in [2.05, 4.69) is 23.1 Å². The zero-order valence-corrected chi connectivity index (χ0v) is 11.9. The van der Waals surface area contributed by atoms with Gasteiger partial charge in [-0.25, -0.2) is 9.97 Å². The summed E-state index contributed by atoms with van der Waals surface area (Å²) in [6.45, 7) is 3.03. The van der Waals surface area contributed by atoms with Gasteiger partial charge in [-0.15, -0.1) is 0 Å². The molecule has 0 bridgehead atoms. The molecule has 1 aliphatic rings. The molecule has 20 heavy (non-hydrogen) atoms. The minimum Gasteiger partial charge on any atom is -0.330 e. The number of nitrogens with zero attached hydrogens (tertiary/aromatic N) is 3. The summed E-state index contributed by atoms with van der Waals surface area (Å²) < 4.78 is 2.00. The van der Waals surface area contributed by atoms with Crippen molar-refractivity contribution in [3.8, 4) is 5.82 Å². The van der Waals surface area contributed by atoms with Crippen LogP contribution in [0.15, 0.2) is 36.9 Å². The average molecular weight is 270 g/mol. The van der Waals surface area contributed by atoms with Crippen LogP contribution in [0.2, 0.25) is 0 Å². The van der Waals surface area contributed by atoms with Crippen LogP contribution in [0.4, 0.5) is 0 Å². The fourth-order valence-electron chi connectivity index (χ4n) is 2.89. The molecule has 0 amide bonds. The Morgan fingerprint density at radius 2 is 2.30 bits per heavy atom. The highest BCUT2D eigenvalue weighted by Gasteiger charge is 2.40. The predicted molar refractivity (Wildman–Crippen MR) is 79.7 cm³/mol. The molecule has 2 heterocycles. The van der Waals surface area contributed by atoms with Crippen molar-refractivity contribution in [1.29, 1.82) is 0 Å². The van der Waals surface area contributed by atoms with E-state index in [1.165, 1.54) is 25.0 Å². The number of hydrogen-bond donors (Lipinski definition) is 1. The van der Waals surface area contributed by atoms with Gasteiger partial charge in [-0.1, -0.05) is 19.4 Å². The van der Waals surface area contributed by atoms with Crippen molar-refractivity contribution >= 4 is 0 Å². The van der Waals surface area contributed by atoms with Crippen molar-refractivity contribution in [2.24, 2.45) is 17.6 Å². The van der Waals surface area contributed by atoms with Gasteiger partial charge >= 0.3 is 0 Å². The van der Waals surface area contributed by atoms with Crippen LogP contribution >= 0.6 is 0 Å². The maximum Gasteiger partial charge on any atom is 0.137 e. The molecule has 1 saturated carbocycles. The lowest BCUT2D eigenvalue weighted by molar-refractivity contribution is 0.447. The molecule has 3 atom stereocenters. The predicted octanol–water partition coefficient (Wildman–Crippen LogP) is 2.75. The fourth-order valence-corrected chi connectivity index (χ4v) is 2.89. The Balaban J connectivity index is 1.65. The molecule has 4 heteroatoms. The second-order valence-electron chi connectivity index (χ2n) is 5.74. The summed E-state index contributed by atoms with van der Waals surface area (Å²) in [7, 11) is 0. The normalized spacial score (nSPS) is 22.7. The Hall–Kier alpha value is -1.68. The van der Waals surface area contributed by atoms with Crippen molar-refractivity contribution in [2.75, 3.05) is 6.54 Å². The van der Waals surface area contributed by atoms with Crippen LogP contribution in [0.25, 0.3) is 5.82 Å². The highest BCUT2D eigenvalue weighted by molar-refractivity contribution is 5.25. The smallest absolute Gasteiger partial charge is 0.137 e. The maximum absolute atomic E-state index is 5.80. The molecule has 2 N–H and O–H groups in total. The number of nitrogens with two attached hydrogens (primary N) is 1. The van der Waals surface area contributed by atoms with E-state index in [4.69, 9.17) is 5.73 Å². The first-order valence-electron chi connectivity index (χ1n) is 7.47. The summed E-state index contributed by atoms with van der Waals surface area (Å²) in [6.07, 6.45) is 9.48. The van der Waals surface area contributed by atoms with Crippen LogP contribution < -0.4 is 5.73 Å². The number of aromatic nitrogens is 3. The Kier molecular flexibility index (Phi) is 3.83. The molecule has 0 radical (unpaired) electrons. The van der Waals surface area contributed by atoms with Crippen LogP contribution in [-0.4, -0.2) is 21.1 Å². The molecule has 2 unspecified atom stereocenters. The van der Waals surface area contributed by atoms with E-state index in [0.29, 0.717) is 11.8 Å². The van der Waals surface area contributed by atoms with Gasteiger partial charge in [0.05, 0.1) is 5.69 Å².